The second kappa shape index (κ2) is 7.22. The van der Waals surface area contributed by atoms with Crippen LogP contribution in [0, 0.1) is 6.92 Å². The second-order valence-electron chi connectivity index (χ2n) is 5.04. The summed E-state index contributed by atoms with van der Waals surface area (Å²) in [5.74, 6) is 0.964. The molecule has 1 aromatic rings. The highest BCUT2D eigenvalue weighted by Gasteiger charge is 2.08. The topological polar surface area (TPSA) is 35.2 Å². The number of hydrogen-bond donors (Lipinski definition) is 1. The van der Waals surface area contributed by atoms with Crippen molar-refractivity contribution in [3.63, 3.8) is 0 Å². The van der Waals surface area contributed by atoms with Gasteiger partial charge in [-0.2, -0.15) is 0 Å². The molecule has 2 nitrogen and oxygen atoms in total. The summed E-state index contributed by atoms with van der Waals surface area (Å²) in [7, 11) is 0. The molecule has 1 aromatic carbocycles. The van der Waals surface area contributed by atoms with Crippen molar-refractivity contribution >= 4 is 0 Å². The molecule has 18 heavy (non-hydrogen) atoms. The molecule has 1 atom stereocenters. The predicted molar refractivity (Wildman–Crippen MR) is 78.1 cm³/mol. The van der Waals surface area contributed by atoms with Gasteiger partial charge >= 0.3 is 0 Å². The fourth-order valence-corrected chi connectivity index (χ4v) is 1.77. The van der Waals surface area contributed by atoms with Gasteiger partial charge in [-0.25, -0.2) is 0 Å². The average molecular weight is 247 g/mol. The van der Waals surface area contributed by atoms with E-state index in [9.17, 15) is 0 Å². The zero-order valence-electron chi connectivity index (χ0n) is 11.8. The van der Waals surface area contributed by atoms with Gasteiger partial charge < -0.3 is 10.5 Å². The molecule has 0 aliphatic heterocycles. The lowest BCUT2D eigenvalue weighted by molar-refractivity contribution is 0.317. The van der Waals surface area contributed by atoms with Crippen LogP contribution in [0.1, 0.15) is 37.8 Å². The summed E-state index contributed by atoms with van der Waals surface area (Å²) in [5, 5.41) is 0. The summed E-state index contributed by atoms with van der Waals surface area (Å²) in [4.78, 5) is 0. The molecule has 1 unspecified atom stereocenters. The first-order chi connectivity index (χ1) is 8.52. The van der Waals surface area contributed by atoms with Crippen LogP contribution in [0.2, 0.25) is 0 Å². The Kier molecular flexibility index (Phi) is 5.93. The molecule has 0 fully saturated rings. The molecular weight excluding hydrogens is 222 g/mol. The lowest BCUT2D eigenvalue weighted by atomic mass is 10.0. The maximum atomic E-state index is 6.03. The second-order valence-corrected chi connectivity index (χ2v) is 5.04. The minimum atomic E-state index is 0.204. The minimum absolute atomic E-state index is 0.204. The van der Waals surface area contributed by atoms with Gasteiger partial charge in [0.25, 0.3) is 0 Å². The zero-order chi connectivity index (χ0) is 13.5. The van der Waals surface area contributed by atoms with Gasteiger partial charge in [-0.05, 0) is 38.3 Å². The number of benzene rings is 1. The number of aryl methyl sites for hydroxylation is 1. The third kappa shape index (κ3) is 4.92. The molecule has 0 bridgehead atoms. The Balaban J connectivity index is 2.72. The van der Waals surface area contributed by atoms with E-state index in [2.05, 4.69) is 32.6 Å². The number of nitrogens with two attached hydrogens (primary N) is 1. The predicted octanol–water partition coefficient (Wildman–Crippen LogP) is 3.62. The van der Waals surface area contributed by atoms with Crippen LogP contribution in [-0.4, -0.2) is 12.6 Å². The van der Waals surface area contributed by atoms with Gasteiger partial charge in [0.05, 0.1) is 6.61 Å². The van der Waals surface area contributed by atoms with Gasteiger partial charge in [-0.3, -0.25) is 0 Å². The van der Waals surface area contributed by atoms with E-state index in [4.69, 9.17) is 10.5 Å². The molecule has 100 valence electrons. The number of hydrogen-bond acceptors (Lipinski definition) is 2. The summed E-state index contributed by atoms with van der Waals surface area (Å²) < 4.78 is 5.83. The molecule has 0 radical (unpaired) electrons. The number of ether oxygens (including phenoxy) is 1. The lowest BCUT2D eigenvalue weighted by Gasteiger charge is -2.15. The minimum Gasteiger partial charge on any atom is -0.493 e. The van der Waals surface area contributed by atoms with Gasteiger partial charge in [-0.15, -0.1) is 6.58 Å². The van der Waals surface area contributed by atoms with E-state index in [1.807, 2.05) is 13.0 Å². The first-order valence-electron chi connectivity index (χ1n) is 6.65. The third-order valence-electron chi connectivity index (χ3n) is 3.01. The van der Waals surface area contributed by atoms with Crippen molar-refractivity contribution < 1.29 is 4.74 Å². The SMILES string of the molecule is C=C(C)CCOc1ccc(C)cc1CC(N)CC. The van der Waals surface area contributed by atoms with E-state index in [1.54, 1.807) is 0 Å². The maximum Gasteiger partial charge on any atom is 0.122 e. The molecule has 0 aliphatic rings. The lowest BCUT2D eigenvalue weighted by Crippen LogP contribution is -2.21. The fraction of sp³-hybridized carbons (Fsp3) is 0.500. The van der Waals surface area contributed by atoms with Gasteiger partial charge in [0.2, 0.25) is 0 Å². The molecule has 0 aromatic heterocycles. The molecule has 1 rings (SSSR count). The smallest absolute Gasteiger partial charge is 0.122 e. The Morgan fingerprint density at radius 2 is 2.17 bits per heavy atom. The van der Waals surface area contributed by atoms with Gasteiger partial charge in [0.1, 0.15) is 5.75 Å². The summed E-state index contributed by atoms with van der Waals surface area (Å²) >= 11 is 0. The van der Waals surface area contributed by atoms with E-state index in [0.29, 0.717) is 6.61 Å². The van der Waals surface area contributed by atoms with Crippen molar-refractivity contribution in [2.45, 2.75) is 46.1 Å². The molecule has 0 aliphatic carbocycles. The Labute approximate surface area is 111 Å². The van der Waals surface area contributed by atoms with Crippen LogP contribution in [0.3, 0.4) is 0 Å². The van der Waals surface area contributed by atoms with Crippen LogP contribution < -0.4 is 10.5 Å². The van der Waals surface area contributed by atoms with Crippen molar-refractivity contribution in [1.82, 2.24) is 0 Å². The van der Waals surface area contributed by atoms with Crippen LogP contribution in [-0.2, 0) is 6.42 Å². The van der Waals surface area contributed by atoms with E-state index < -0.39 is 0 Å². The molecule has 0 amide bonds. The van der Waals surface area contributed by atoms with Crippen LogP contribution in [0.15, 0.2) is 30.4 Å². The average Bonchev–Trinajstić information content (AvgIpc) is 2.31. The van der Waals surface area contributed by atoms with E-state index in [-0.39, 0.29) is 6.04 Å². The molecule has 0 spiro atoms. The Bertz CT molecular complexity index is 398. The van der Waals surface area contributed by atoms with Crippen molar-refractivity contribution in [2.75, 3.05) is 6.61 Å². The van der Waals surface area contributed by atoms with E-state index in [1.165, 1.54) is 11.1 Å². The monoisotopic (exact) mass is 247 g/mol. The number of rotatable bonds is 7. The highest BCUT2D eigenvalue weighted by atomic mass is 16.5. The first-order valence-corrected chi connectivity index (χ1v) is 6.65. The molecule has 0 saturated carbocycles. The Hall–Kier alpha value is -1.28. The molecule has 0 saturated heterocycles. The van der Waals surface area contributed by atoms with Gasteiger partial charge in [-0.1, -0.05) is 30.2 Å². The van der Waals surface area contributed by atoms with E-state index in [0.717, 1.165) is 30.6 Å². The van der Waals surface area contributed by atoms with Crippen LogP contribution in [0.5, 0.6) is 5.75 Å². The van der Waals surface area contributed by atoms with Crippen LogP contribution >= 0.6 is 0 Å². The Morgan fingerprint density at radius 3 is 2.78 bits per heavy atom. The van der Waals surface area contributed by atoms with Crippen LogP contribution in [0.25, 0.3) is 0 Å². The molecule has 2 heteroatoms. The molecule has 2 N–H and O–H groups in total. The van der Waals surface area contributed by atoms with Crippen molar-refractivity contribution in [1.29, 1.82) is 0 Å². The maximum absolute atomic E-state index is 6.03. The summed E-state index contributed by atoms with van der Waals surface area (Å²) in [6, 6.07) is 6.50. The highest BCUT2D eigenvalue weighted by Crippen LogP contribution is 2.22. The Morgan fingerprint density at radius 1 is 1.44 bits per heavy atom. The largest absolute Gasteiger partial charge is 0.493 e. The van der Waals surface area contributed by atoms with Crippen LogP contribution in [0.4, 0.5) is 0 Å². The van der Waals surface area contributed by atoms with Crippen molar-refractivity contribution in [2.24, 2.45) is 5.73 Å². The summed E-state index contributed by atoms with van der Waals surface area (Å²) in [6.45, 7) is 10.8. The third-order valence-corrected chi connectivity index (χ3v) is 3.01. The van der Waals surface area contributed by atoms with E-state index >= 15 is 0 Å². The normalized spacial score (nSPS) is 12.2. The summed E-state index contributed by atoms with van der Waals surface area (Å²) in [6.07, 6.45) is 2.76. The quantitative estimate of drug-likeness (QED) is 0.747. The summed E-state index contributed by atoms with van der Waals surface area (Å²) in [5.41, 5.74) is 9.64. The molecule has 0 heterocycles. The van der Waals surface area contributed by atoms with Gasteiger partial charge in [0.15, 0.2) is 0 Å². The highest BCUT2D eigenvalue weighted by molar-refractivity contribution is 5.37. The van der Waals surface area contributed by atoms with Gasteiger partial charge in [0, 0.05) is 12.5 Å². The van der Waals surface area contributed by atoms with Crippen molar-refractivity contribution in [3.8, 4) is 5.75 Å². The fourth-order valence-electron chi connectivity index (χ4n) is 1.77. The molecular formula is C16H25NO. The first kappa shape index (κ1) is 14.8. The standard InChI is InChI=1S/C16H25NO/c1-5-15(17)11-14-10-13(4)6-7-16(14)18-9-8-12(2)3/h6-7,10,15H,2,5,8-9,11,17H2,1,3-4H3. The zero-order valence-corrected chi connectivity index (χ0v) is 11.8. The van der Waals surface area contributed by atoms with Crippen molar-refractivity contribution in [3.05, 3.63) is 41.5 Å².